The van der Waals surface area contributed by atoms with Crippen LogP contribution in [-0.2, 0) is 19.1 Å². The van der Waals surface area contributed by atoms with Gasteiger partial charge in [0.25, 0.3) is 0 Å². The summed E-state index contributed by atoms with van der Waals surface area (Å²) in [5, 5.41) is 0. The van der Waals surface area contributed by atoms with Crippen molar-refractivity contribution in [2.45, 2.75) is 52.4 Å². The highest BCUT2D eigenvalue weighted by atomic mass is 16.5. The SMILES string of the molecule is COC(=O)[C@@]1(C)CCC[C@@]2(C)[C@H]1CCC(=O)[C@@H]2CC=O. The maximum atomic E-state index is 12.3. The molecule has 0 bridgehead atoms. The lowest BCUT2D eigenvalue weighted by Gasteiger charge is -2.55. The van der Waals surface area contributed by atoms with E-state index in [0.29, 0.717) is 6.42 Å². The summed E-state index contributed by atoms with van der Waals surface area (Å²) in [4.78, 5) is 35.4. The van der Waals surface area contributed by atoms with Crippen molar-refractivity contribution in [1.29, 1.82) is 0 Å². The smallest absolute Gasteiger partial charge is 0.311 e. The number of carbonyl (C=O) groups is 3. The summed E-state index contributed by atoms with van der Waals surface area (Å²) in [6.45, 7) is 4.05. The maximum absolute atomic E-state index is 12.3. The van der Waals surface area contributed by atoms with E-state index in [2.05, 4.69) is 6.92 Å². The summed E-state index contributed by atoms with van der Waals surface area (Å²) >= 11 is 0. The number of fused-ring (bicyclic) bond motifs is 1. The Morgan fingerprint density at radius 2 is 2.10 bits per heavy atom. The highest BCUT2D eigenvalue weighted by Crippen LogP contribution is 2.60. The van der Waals surface area contributed by atoms with Crippen LogP contribution in [0.5, 0.6) is 0 Å². The third kappa shape index (κ3) is 2.09. The molecule has 0 amide bonds. The summed E-state index contributed by atoms with van der Waals surface area (Å²) in [6.07, 6.45) is 4.96. The number of rotatable bonds is 3. The Bertz CT molecular complexity index is 430. The Kier molecular flexibility index (Phi) is 4.03. The Morgan fingerprint density at radius 1 is 1.40 bits per heavy atom. The fraction of sp³-hybridized carbons (Fsp3) is 0.812. The summed E-state index contributed by atoms with van der Waals surface area (Å²) in [5.74, 6) is -0.0977. The van der Waals surface area contributed by atoms with E-state index in [9.17, 15) is 14.4 Å². The van der Waals surface area contributed by atoms with Gasteiger partial charge in [-0.3, -0.25) is 9.59 Å². The molecule has 20 heavy (non-hydrogen) atoms. The van der Waals surface area contributed by atoms with Gasteiger partial charge < -0.3 is 9.53 Å². The van der Waals surface area contributed by atoms with Crippen LogP contribution < -0.4 is 0 Å². The van der Waals surface area contributed by atoms with Crippen LogP contribution in [0.1, 0.15) is 52.4 Å². The van der Waals surface area contributed by atoms with E-state index in [-0.39, 0.29) is 35.4 Å². The normalized spacial score (nSPS) is 40.9. The van der Waals surface area contributed by atoms with Gasteiger partial charge in [-0.15, -0.1) is 0 Å². The number of Topliss-reactive ketones (excluding diaryl/α,β-unsaturated/α-hetero) is 1. The number of hydrogen-bond acceptors (Lipinski definition) is 4. The van der Waals surface area contributed by atoms with Gasteiger partial charge in [0.05, 0.1) is 12.5 Å². The van der Waals surface area contributed by atoms with E-state index in [1.807, 2.05) is 6.92 Å². The van der Waals surface area contributed by atoms with E-state index < -0.39 is 5.41 Å². The molecule has 0 aromatic heterocycles. The van der Waals surface area contributed by atoms with Crippen molar-refractivity contribution < 1.29 is 19.1 Å². The molecule has 0 aliphatic heterocycles. The average molecular weight is 280 g/mol. The van der Waals surface area contributed by atoms with E-state index in [0.717, 1.165) is 32.0 Å². The fourth-order valence-corrected chi connectivity index (χ4v) is 4.78. The minimum atomic E-state index is -0.524. The molecule has 4 nitrogen and oxygen atoms in total. The van der Waals surface area contributed by atoms with E-state index in [1.165, 1.54) is 7.11 Å². The van der Waals surface area contributed by atoms with Gasteiger partial charge in [0.1, 0.15) is 12.1 Å². The van der Waals surface area contributed by atoms with Crippen LogP contribution in [0.3, 0.4) is 0 Å². The number of ether oxygens (including phenoxy) is 1. The van der Waals surface area contributed by atoms with Crippen molar-refractivity contribution in [1.82, 2.24) is 0 Å². The van der Waals surface area contributed by atoms with Gasteiger partial charge in [0.15, 0.2) is 0 Å². The fourth-order valence-electron chi connectivity index (χ4n) is 4.78. The number of carbonyl (C=O) groups excluding carboxylic acids is 3. The lowest BCUT2D eigenvalue weighted by atomic mass is 9.47. The molecule has 0 aromatic carbocycles. The standard InChI is InChI=1S/C16H24O4/c1-15-8-4-9-16(2,14(19)20-3)13(15)6-5-12(18)11(15)7-10-17/h10-11,13H,4-9H2,1-3H3/t11-,13+,15+,16-/m0/s1. The zero-order valence-corrected chi connectivity index (χ0v) is 12.6. The predicted molar refractivity (Wildman–Crippen MR) is 74.0 cm³/mol. The van der Waals surface area contributed by atoms with Crippen LogP contribution >= 0.6 is 0 Å². The van der Waals surface area contributed by atoms with Crippen LogP contribution in [0.4, 0.5) is 0 Å². The molecule has 0 unspecified atom stereocenters. The quantitative estimate of drug-likeness (QED) is 0.589. The Morgan fingerprint density at radius 3 is 2.70 bits per heavy atom. The topological polar surface area (TPSA) is 60.4 Å². The van der Waals surface area contributed by atoms with Crippen molar-refractivity contribution in [2.24, 2.45) is 22.7 Å². The van der Waals surface area contributed by atoms with E-state index >= 15 is 0 Å². The molecule has 2 aliphatic carbocycles. The number of ketones is 1. The van der Waals surface area contributed by atoms with Crippen molar-refractivity contribution in [3.63, 3.8) is 0 Å². The van der Waals surface area contributed by atoms with Gasteiger partial charge in [-0.25, -0.2) is 0 Å². The molecule has 2 saturated carbocycles. The molecule has 112 valence electrons. The van der Waals surface area contributed by atoms with Crippen molar-refractivity contribution in [3.8, 4) is 0 Å². The first-order chi connectivity index (χ1) is 9.40. The van der Waals surface area contributed by atoms with Crippen LogP contribution in [-0.4, -0.2) is 25.1 Å². The predicted octanol–water partition coefficient (Wildman–Crippen LogP) is 2.54. The maximum Gasteiger partial charge on any atom is 0.311 e. The molecule has 4 heteroatoms. The Labute approximate surface area is 120 Å². The first kappa shape index (κ1) is 15.2. The summed E-state index contributed by atoms with van der Waals surface area (Å²) < 4.78 is 5.02. The highest BCUT2D eigenvalue weighted by molar-refractivity contribution is 5.86. The number of esters is 1. The van der Waals surface area contributed by atoms with Gasteiger partial charge in [-0.1, -0.05) is 13.3 Å². The molecule has 0 radical (unpaired) electrons. The van der Waals surface area contributed by atoms with Crippen LogP contribution in [0.25, 0.3) is 0 Å². The number of methoxy groups -OCH3 is 1. The van der Waals surface area contributed by atoms with Crippen LogP contribution in [0.2, 0.25) is 0 Å². The first-order valence-electron chi connectivity index (χ1n) is 7.45. The monoisotopic (exact) mass is 280 g/mol. The van der Waals surface area contributed by atoms with Crippen molar-refractivity contribution >= 4 is 18.0 Å². The molecular weight excluding hydrogens is 256 g/mol. The minimum absolute atomic E-state index is 0.124. The summed E-state index contributed by atoms with van der Waals surface area (Å²) in [6, 6.07) is 0. The Balaban J connectivity index is 2.40. The molecule has 0 N–H and O–H groups in total. The van der Waals surface area contributed by atoms with Crippen LogP contribution in [0.15, 0.2) is 0 Å². The second-order valence-corrected chi connectivity index (χ2v) is 6.78. The largest absolute Gasteiger partial charge is 0.469 e. The Hall–Kier alpha value is -1.19. The molecule has 0 heterocycles. The summed E-state index contributed by atoms with van der Waals surface area (Å²) in [7, 11) is 1.43. The molecule has 2 aliphatic rings. The molecule has 0 spiro atoms. The molecule has 2 fully saturated rings. The second kappa shape index (κ2) is 5.30. The van der Waals surface area contributed by atoms with Crippen molar-refractivity contribution in [2.75, 3.05) is 7.11 Å². The van der Waals surface area contributed by atoms with Gasteiger partial charge in [0.2, 0.25) is 0 Å². The van der Waals surface area contributed by atoms with E-state index in [1.54, 1.807) is 0 Å². The van der Waals surface area contributed by atoms with Gasteiger partial charge in [-0.05, 0) is 37.5 Å². The van der Waals surface area contributed by atoms with Crippen LogP contribution in [0, 0.1) is 22.7 Å². The molecule has 0 saturated heterocycles. The number of aldehydes is 1. The van der Waals surface area contributed by atoms with Gasteiger partial charge in [-0.2, -0.15) is 0 Å². The van der Waals surface area contributed by atoms with Gasteiger partial charge in [0, 0.05) is 18.8 Å². The lowest BCUT2D eigenvalue weighted by molar-refractivity contribution is -0.173. The lowest BCUT2D eigenvalue weighted by Crippen LogP contribution is -2.55. The second-order valence-electron chi connectivity index (χ2n) is 6.78. The van der Waals surface area contributed by atoms with Crippen molar-refractivity contribution in [3.05, 3.63) is 0 Å². The molecule has 2 rings (SSSR count). The summed E-state index contributed by atoms with van der Waals surface area (Å²) in [5.41, 5.74) is -0.777. The molecule has 0 aromatic rings. The first-order valence-corrected chi connectivity index (χ1v) is 7.45. The minimum Gasteiger partial charge on any atom is -0.469 e. The molecular formula is C16H24O4. The average Bonchev–Trinajstić information content (AvgIpc) is 2.41. The third-order valence-corrected chi connectivity index (χ3v) is 5.82. The third-order valence-electron chi connectivity index (χ3n) is 5.82. The zero-order valence-electron chi connectivity index (χ0n) is 12.6. The molecule has 4 atom stereocenters. The van der Waals surface area contributed by atoms with Gasteiger partial charge >= 0.3 is 5.97 Å². The van der Waals surface area contributed by atoms with E-state index in [4.69, 9.17) is 4.74 Å². The number of hydrogen-bond donors (Lipinski definition) is 0. The zero-order chi connectivity index (χ0) is 15.0. The highest BCUT2D eigenvalue weighted by Gasteiger charge is 2.58.